The van der Waals surface area contributed by atoms with E-state index >= 15 is 0 Å². The Morgan fingerprint density at radius 1 is 1.25 bits per heavy atom. The summed E-state index contributed by atoms with van der Waals surface area (Å²) >= 11 is 0. The minimum absolute atomic E-state index is 0.605. The van der Waals surface area contributed by atoms with Gasteiger partial charge in [0.15, 0.2) is 0 Å². The fraction of sp³-hybridized carbons (Fsp3) is 0. The zero-order valence-corrected chi connectivity index (χ0v) is 6.36. The molecule has 0 spiro atoms. The molecule has 0 aliphatic rings. The maximum Gasteiger partial charge on any atom is 0.101 e. The van der Waals surface area contributed by atoms with Gasteiger partial charge < -0.3 is 0 Å². The van der Waals surface area contributed by atoms with Crippen molar-refractivity contribution < 1.29 is 0 Å². The molecule has 12 heavy (non-hydrogen) atoms. The van der Waals surface area contributed by atoms with E-state index in [0.29, 0.717) is 5.56 Å². The number of para-hydroxylation sites is 1. The fourth-order valence-corrected chi connectivity index (χ4v) is 1.13. The van der Waals surface area contributed by atoms with Crippen LogP contribution in [0.3, 0.4) is 0 Å². The number of benzene rings is 1. The molecule has 0 atom stereocenters. The highest BCUT2D eigenvalue weighted by molar-refractivity contribution is 5.79. The topological polar surface area (TPSA) is 36.7 Å². The molecule has 2 heteroatoms. The first-order valence-corrected chi connectivity index (χ1v) is 3.65. The molecule has 1 heterocycles. The van der Waals surface area contributed by atoms with Gasteiger partial charge in [-0.1, -0.05) is 18.2 Å². The van der Waals surface area contributed by atoms with E-state index in [-0.39, 0.29) is 0 Å². The third-order valence-corrected chi connectivity index (χ3v) is 1.72. The number of fused-ring (bicyclic) bond motifs is 1. The van der Waals surface area contributed by atoms with E-state index in [2.05, 4.69) is 11.1 Å². The lowest BCUT2D eigenvalue weighted by Gasteiger charge is -1.94. The molecule has 2 nitrogen and oxygen atoms in total. The highest BCUT2D eigenvalue weighted by Crippen LogP contribution is 2.11. The van der Waals surface area contributed by atoms with Gasteiger partial charge >= 0.3 is 0 Å². The first-order chi connectivity index (χ1) is 5.90. The minimum Gasteiger partial charge on any atom is -0.255 e. The van der Waals surface area contributed by atoms with Gasteiger partial charge in [0.25, 0.3) is 0 Å². The molecule has 0 bridgehead atoms. The molecule has 1 aromatic carbocycles. The van der Waals surface area contributed by atoms with Crippen LogP contribution in [0.15, 0.2) is 36.5 Å². The number of hydrogen-bond donors (Lipinski definition) is 0. The molecule has 0 radical (unpaired) electrons. The SMILES string of the molecule is N#[14C]c1cnc2ccccc2c1. The maximum atomic E-state index is 8.61. The van der Waals surface area contributed by atoms with Gasteiger partial charge in [0, 0.05) is 11.6 Å². The van der Waals surface area contributed by atoms with Crippen LogP contribution in [0.1, 0.15) is 5.56 Å². The smallest absolute Gasteiger partial charge is 0.101 e. The van der Waals surface area contributed by atoms with Gasteiger partial charge in [0.2, 0.25) is 0 Å². The van der Waals surface area contributed by atoms with Crippen LogP contribution >= 0.6 is 0 Å². The Kier molecular flexibility index (Phi) is 1.49. The maximum absolute atomic E-state index is 8.61. The predicted octanol–water partition coefficient (Wildman–Crippen LogP) is 2.11. The van der Waals surface area contributed by atoms with Crippen molar-refractivity contribution in [2.24, 2.45) is 0 Å². The molecule has 0 saturated heterocycles. The standard InChI is InChI=1S/C10H6N2/c11-6-8-5-9-3-1-2-4-10(9)12-7-8/h1-5,7H/i6+2. The summed E-state index contributed by atoms with van der Waals surface area (Å²) < 4.78 is 0. The van der Waals surface area contributed by atoms with Crippen LogP contribution in [-0.2, 0) is 0 Å². The average Bonchev–Trinajstić information content (AvgIpc) is 2.17. The molecule has 0 aliphatic carbocycles. The van der Waals surface area contributed by atoms with Gasteiger partial charge in [0.05, 0.1) is 11.1 Å². The van der Waals surface area contributed by atoms with E-state index in [4.69, 9.17) is 5.26 Å². The lowest BCUT2D eigenvalue weighted by atomic mass is 10.2. The summed E-state index contributed by atoms with van der Waals surface area (Å²) in [5, 5.41) is 9.62. The number of pyridine rings is 1. The van der Waals surface area contributed by atoms with Crippen molar-refractivity contribution in [1.82, 2.24) is 4.98 Å². The Bertz CT molecular complexity index is 455. The summed E-state index contributed by atoms with van der Waals surface area (Å²) in [6.45, 7) is 0. The van der Waals surface area contributed by atoms with Crippen molar-refractivity contribution in [2.75, 3.05) is 0 Å². The second-order valence-electron chi connectivity index (χ2n) is 2.53. The second-order valence-corrected chi connectivity index (χ2v) is 2.53. The highest BCUT2D eigenvalue weighted by Gasteiger charge is 1.94. The Hall–Kier alpha value is -1.88. The molecule has 56 valence electrons. The fourth-order valence-electron chi connectivity index (χ4n) is 1.13. The van der Waals surface area contributed by atoms with Crippen molar-refractivity contribution in [3.8, 4) is 6.07 Å². The molecule has 2 aromatic rings. The van der Waals surface area contributed by atoms with E-state index in [0.717, 1.165) is 10.9 Å². The molecule has 0 aliphatic heterocycles. The zero-order valence-electron chi connectivity index (χ0n) is 6.36. The highest BCUT2D eigenvalue weighted by atomic mass is 14.9. The monoisotopic (exact) mass is 156 g/mol. The molecule has 0 fully saturated rings. The summed E-state index contributed by atoms with van der Waals surface area (Å²) in [6, 6.07) is 11.6. The third-order valence-electron chi connectivity index (χ3n) is 1.72. The minimum atomic E-state index is 0.605. The van der Waals surface area contributed by atoms with Crippen molar-refractivity contribution in [3.63, 3.8) is 0 Å². The lowest BCUT2D eigenvalue weighted by Crippen LogP contribution is -1.80. The van der Waals surface area contributed by atoms with Crippen LogP contribution < -0.4 is 0 Å². The third kappa shape index (κ3) is 1.02. The quantitative estimate of drug-likeness (QED) is 0.585. The van der Waals surface area contributed by atoms with Crippen LogP contribution in [0.2, 0.25) is 0 Å². The van der Waals surface area contributed by atoms with Gasteiger partial charge in [-0.05, 0) is 12.1 Å². The van der Waals surface area contributed by atoms with E-state index in [1.807, 2.05) is 30.3 Å². The number of hydrogen-bond acceptors (Lipinski definition) is 2. The second kappa shape index (κ2) is 2.63. The van der Waals surface area contributed by atoms with Gasteiger partial charge in [0.1, 0.15) is 6.07 Å². The lowest BCUT2D eigenvalue weighted by molar-refractivity contribution is 1.37. The largest absolute Gasteiger partial charge is 0.255 e. The molecule has 0 unspecified atom stereocenters. The predicted molar refractivity (Wildman–Crippen MR) is 46.5 cm³/mol. The number of rotatable bonds is 0. The van der Waals surface area contributed by atoms with E-state index in [1.54, 1.807) is 6.20 Å². The molecule has 2 rings (SSSR count). The van der Waals surface area contributed by atoms with Gasteiger partial charge in [-0.3, -0.25) is 4.98 Å². The van der Waals surface area contributed by atoms with Crippen LogP contribution in [0, 0.1) is 11.3 Å². The summed E-state index contributed by atoms with van der Waals surface area (Å²) in [7, 11) is 0. The van der Waals surface area contributed by atoms with Gasteiger partial charge in [-0.25, -0.2) is 0 Å². The Morgan fingerprint density at radius 2 is 2.08 bits per heavy atom. The first-order valence-electron chi connectivity index (χ1n) is 3.65. The molecule has 0 saturated carbocycles. The summed E-state index contributed by atoms with van der Waals surface area (Å²) in [4.78, 5) is 4.13. The first kappa shape index (κ1) is 6.81. The van der Waals surface area contributed by atoms with E-state index in [9.17, 15) is 0 Å². The Balaban J connectivity index is 2.78. The molecule has 0 N–H and O–H groups in total. The van der Waals surface area contributed by atoms with Crippen LogP contribution in [0.25, 0.3) is 10.9 Å². The zero-order chi connectivity index (χ0) is 8.39. The number of nitriles is 1. The van der Waals surface area contributed by atoms with Crippen LogP contribution in [0.4, 0.5) is 0 Å². The van der Waals surface area contributed by atoms with Crippen molar-refractivity contribution in [1.29, 1.82) is 5.26 Å². The van der Waals surface area contributed by atoms with Crippen molar-refractivity contribution in [2.45, 2.75) is 0 Å². The molecular formula is C10H6N2. The summed E-state index contributed by atoms with van der Waals surface area (Å²) in [5.74, 6) is 0. The van der Waals surface area contributed by atoms with Crippen molar-refractivity contribution >= 4 is 10.9 Å². The normalized spacial score (nSPS) is 9.58. The van der Waals surface area contributed by atoms with Crippen molar-refractivity contribution in [3.05, 3.63) is 42.1 Å². The van der Waals surface area contributed by atoms with E-state index < -0.39 is 0 Å². The van der Waals surface area contributed by atoms with Crippen LogP contribution in [0.5, 0.6) is 0 Å². The molecule has 1 aromatic heterocycles. The molecule has 0 amide bonds. The van der Waals surface area contributed by atoms with Gasteiger partial charge in [-0.15, -0.1) is 0 Å². The molecular weight excluding hydrogens is 150 g/mol. The summed E-state index contributed by atoms with van der Waals surface area (Å²) in [5.41, 5.74) is 1.53. The average molecular weight is 156 g/mol. The Labute approximate surface area is 70.1 Å². The van der Waals surface area contributed by atoms with Gasteiger partial charge in [-0.2, -0.15) is 5.26 Å². The van der Waals surface area contributed by atoms with E-state index in [1.165, 1.54) is 0 Å². The van der Waals surface area contributed by atoms with Crippen LogP contribution in [-0.4, -0.2) is 4.98 Å². The summed E-state index contributed by atoms with van der Waals surface area (Å²) in [6.07, 6.45) is 1.59. The Morgan fingerprint density at radius 3 is 2.92 bits per heavy atom. The number of nitrogens with zero attached hydrogens (tertiary/aromatic N) is 2. The number of aromatic nitrogens is 1.